The Hall–Kier alpha value is -2.12. The fraction of sp³-hybridized carbons (Fsp3) is 0.200. The number of rotatable bonds is 5. The van der Waals surface area contributed by atoms with Gasteiger partial charge in [0.15, 0.2) is 5.78 Å². The zero-order valence-corrected chi connectivity index (χ0v) is 14.0. The van der Waals surface area contributed by atoms with Gasteiger partial charge in [-0.1, -0.05) is 29.4 Å². The van der Waals surface area contributed by atoms with Gasteiger partial charge in [-0.2, -0.15) is 4.98 Å². The summed E-state index contributed by atoms with van der Waals surface area (Å²) in [5.41, 5.74) is 0.788. The molecule has 1 heterocycles. The molecule has 0 spiro atoms. The Labute approximate surface area is 141 Å². The van der Waals surface area contributed by atoms with Gasteiger partial charge in [-0.25, -0.2) is 4.79 Å². The van der Waals surface area contributed by atoms with Crippen LogP contribution in [-0.4, -0.2) is 27.4 Å². The molecule has 0 saturated carbocycles. The normalized spacial score (nSPS) is 10.4. The molecule has 6 nitrogen and oxygen atoms in total. The van der Waals surface area contributed by atoms with E-state index >= 15 is 0 Å². The van der Waals surface area contributed by atoms with Crippen LogP contribution < -0.4 is 11.0 Å². The Kier molecular flexibility index (Phi) is 5.57. The van der Waals surface area contributed by atoms with E-state index in [1.54, 1.807) is 31.2 Å². The second kappa shape index (κ2) is 7.43. The quantitative estimate of drug-likeness (QED) is 0.491. The van der Waals surface area contributed by atoms with Crippen LogP contribution in [0.5, 0.6) is 0 Å². The van der Waals surface area contributed by atoms with E-state index in [0.717, 1.165) is 11.8 Å². The molecule has 8 heteroatoms. The fourth-order valence-electron chi connectivity index (χ4n) is 1.98. The van der Waals surface area contributed by atoms with Gasteiger partial charge in [0.25, 0.3) is 0 Å². The number of nitrogens with zero attached hydrogens (tertiary/aromatic N) is 1. The highest BCUT2D eigenvalue weighted by Gasteiger charge is 2.15. The first-order valence-electron chi connectivity index (χ1n) is 6.67. The molecular formula is C15H14ClN3O3S. The molecule has 0 saturated heterocycles. The van der Waals surface area contributed by atoms with Crippen molar-refractivity contribution in [2.24, 2.45) is 0 Å². The van der Waals surface area contributed by atoms with Crippen molar-refractivity contribution in [2.75, 3.05) is 11.1 Å². The zero-order chi connectivity index (χ0) is 17.0. The van der Waals surface area contributed by atoms with Crippen molar-refractivity contribution >= 4 is 40.7 Å². The third-order valence-electron chi connectivity index (χ3n) is 2.89. The van der Waals surface area contributed by atoms with Crippen molar-refractivity contribution in [3.8, 4) is 0 Å². The van der Waals surface area contributed by atoms with E-state index < -0.39 is 5.69 Å². The maximum absolute atomic E-state index is 12.0. The third-order valence-corrected chi connectivity index (χ3v) is 4.10. The average molecular weight is 352 g/mol. The molecule has 2 rings (SSSR count). The van der Waals surface area contributed by atoms with Gasteiger partial charge in [0.1, 0.15) is 5.03 Å². The molecule has 23 heavy (non-hydrogen) atoms. The minimum atomic E-state index is -0.551. The van der Waals surface area contributed by atoms with E-state index in [-0.39, 0.29) is 22.5 Å². The van der Waals surface area contributed by atoms with Crippen molar-refractivity contribution in [1.82, 2.24) is 9.97 Å². The molecule has 120 valence electrons. The smallest absolute Gasteiger partial charge is 0.325 e. The monoisotopic (exact) mass is 351 g/mol. The Balaban J connectivity index is 2.10. The second-order valence-electron chi connectivity index (χ2n) is 4.75. The van der Waals surface area contributed by atoms with E-state index in [0.29, 0.717) is 22.0 Å². The van der Waals surface area contributed by atoms with Crippen LogP contribution in [0.1, 0.15) is 23.0 Å². The largest absolute Gasteiger partial charge is 0.346 e. The Morgan fingerprint density at radius 3 is 2.78 bits per heavy atom. The maximum atomic E-state index is 12.0. The van der Waals surface area contributed by atoms with Gasteiger partial charge in [-0.15, -0.1) is 0 Å². The molecule has 0 fully saturated rings. The lowest BCUT2D eigenvalue weighted by atomic mass is 10.2. The summed E-state index contributed by atoms with van der Waals surface area (Å²) in [5, 5.41) is 3.45. The summed E-state index contributed by atoms with van der Waals surface area (Å²) in [5.74, 6) is -0.488. The van der Waals surface area contributed by atoms with E-state index in [1.165, 1.54) is 6.92 Å². The number of carbonyl (C=O) groups excluding carboxylic acids is 2. The molecule has 0 radical (unpaired) electrons. The second-order valence-corrected chi connectivity index (χ2v) is 6.15. The number of hydrogen-bond donors (Lipinski definition) is 2. The molecule has 0 aliphatic carbocycles. The molecule has 0 aliphatic heterocycles. The van der Waals surface area contributed by atoms with E-state index in [4.69, 9.17) is 11.6 Å². The summed E-state index contributed by atoms with van der Waals surface area (Å²) in [7, 11) is 0. The van der Waals surface area contributed by atoms with Crippen molar-refractivity contribution in [2.45, 2.75) is 18.9 Å². The minimum absolute atomic E-state index is 0.0166. The molecule has 1 aromatic carbocycles. The maximum Gasteiger partial charge on any atom is 0.346 e. The van der Waals surface area contributed by atoms with E-state index in [9.17, 15) is 14.4 Å². The summed E-state index contributed by atoms with van der Waals surface area (Å²) >= 11 is 6.89. The number of nitrogens with one attached hydrogen (secondary N) is 2. The molecule has 0 atom stereocenters. The number of aromatic nitrogens is 2. The van der Waals surface area contributed by atoms with Crippen LogP contribution in [0.15, 0.2) is 34.1 Å². The molecule has 0 bridgehead atoms. The van der Waals surface area contributed by atoms with Gasteiger partial charge in [0.05, 0.1) is 11.3 Å². The predicted octanol–water partition coefficient (Wildman–Crippen LogP) is 2.67. The number of aromatic amines is 1. The molecule has 0 unspecified atom stereocenters. The first kappa shape index (κ1) is 17.2. The van der Waals surface area contributed by atoms with E-state index in [2.05, 4.69) is 15.3 Å². The number of amides is 1. The SMILES string of the molecule is CC(=O)c1c(SCC(=O)Nc2cccc(Cl)c2)nc(=O)[nH]c1C. The molecule has 1 amide bonds. The fourth-order valence-corrected chi connectivity index (χ4v) is 3.09. The van der Waals surface area contributed by atoms with Crippen LogP contribution in [0.25, 0.3) is 0 Å². The number of ketones is 1. The molecule has 2 aromatic rings. The average Bonchev–Trinajstić information content (AvgIpc) is 2.44. The summed E-state index contributed by atoms with van der Waals surface area (Å²) in [6.45, 7) is 3.01. The van der Waals surface area contributed by atoms with Gasteiger partial charge < -0.3 is 10.3 Å². The van der Waals surface area contributed by atoms with E-state index in [1.807, 2.05) is 0 Å². The molecule has 2 N–H and O–H groups in total. The highest BCUT2D eigenvalue weighted by Crippen LogP contribution is 2.22. The van der Waals surface area contributed by atoms with Gasteiger partial charge in [-0.3, -0.25) is 9.59 Å². The predicted molar refractivity (Wildman–Crippen MR) is 90.4 cm³/mol. The lowest BCUT2D eigenvalue weighted by molar-refractivity contribution is -0.113. The number of carbonyl (C=O) groups is 2. The number of thioether (sulfide) groups is 1. The summed E-state index contributed by atoms with van der Waals surface area (Å²) in [6, 6.07) is 6.76. The molecule has 0 aliphatic rings. The first-order valence-corrected chi connectivity index (χ1v) is 8.03. The van der Waals surface area contributed by atoms with Crippen molar-refractivity contribution in [3.05, 3.63) is 51.0 Å². The molecule has 1 aromatic heterocycles. The minimum Gasteiger partial charge on any atom is -0.325 e. The van der Waals surface area contributed by atoms with Crippen LogP contribution in [0.3, 0.4) is 0 Å². The van der Waals surface area contributed by atoms with Crippen LogP contribution in [0.4, 0.5) is 5.69 Å². The Bertz CT molecular complexity index is 820. The number of hydrogen-bond acceptors (Lipinski definition) is 5. The summed E-state index contributed by atoms with van der Waals surface area (Å²) in [6.07, 6.45) is 0. The highest BCUT2D eigenvalue weighted by atomic mass is 35.5. The van der Waals surface area contributed by atoms with Crippen LogP contribution in [0.2, 0.25) is 5.02 Å². The number of anilines is 1. The molecular weight excluding hydrogens is 338 g/mol. The summed E-state index contributed by atoms with van der Waals surface area (Å²) < 4.78 is 0. The van der Waals surface area contributed by atoms with Gasteiger partial charge >= 0.3 is 5.69 Å². The van der Waals surface area contributed by atoms with Crippen LogP contribution >= 0.6 is 23.4 Å². The van der Waals surface area contributed by atoms with Crippen LogP contribution in [0, 0.1) is 6.92 Å². The van der Waals surface area contributed by atoms with Crippen molar-refractivity contribution < 1.29 is 9.59 Å². The zero-order valence-electron chi connectivity index (χ0n) is 12.5. The third kappa shape index (κ3) is 4.67. The van der Waals surface area contributed by atoms with Gasteiger partial charge in [-0.05, 0) is 32.0 Å². The lowest BCUT2D eigenvalue weighted by Gasteiger charge is -2.08. The van der Waals surface area contributed by atoms with Gasteiger partial charge in [0, 0.05) is 16.4 Å². The number of benzene rings is 1. The lowest BCUT2D eigenvalue weighted by Crippen LogP contribution is -2.19. The summed E-state index contributed by atoms with van der Waals surface area (Å²) in [4.78, 5) is 41.4. The topological polar surface area (TPSA) is 91.9 Å². The van der Waals surface area contributed by atoms with Crippen LogP contribution in [-0.2, 0) is 4.79 Å². The number of halogens is 1. The van der Waals surface area contributed by atoms with Gasteiger partial charge in [0.2, 0.25) is 5.91 Å². The first-order chi connectivity index (χ1) is 10.9. The Morgan fingerprint density at radius 2 is 2.13 bits per heavy atom. The highest BCUT2D eigenvalue weighted by molar-refractivity contribution is 8.00. The number of aryl methyl sites for hydroxylation is 1. The Morgan fingerprint density at radius 1 is 1.39 bits per heavy atom. The number of Topliss-reactive ketones (excluding diaryl/α,β-unsaturated/α-hetero) is 1. The van der Waals surface area contributed by atoms with Crippen molar-refractivity contribution in [1.29, 1.82) is 0 Å². The standard InChI is InChI=1S/C15H14ClN3O3S/c1-8-13(9(2)20)14(19-15(22)17-8)23-7-12(21)18-11-5-3-4-10(16)6-11/h3-6H,7H2,1-2H3,(H,18,21)(H,17,19,22). The number of H-pyrrole nitrogens is 1. The van der Waals surface area contributed by atoms with Crippen molar-refractivity contribution in [3.63, 3.8) is 0 Å².